The van der Waals surface area contributed by atoms with Crippen LogP contribution in [0.2, 0.25) is 0 Å². The number of aryl methyl sites for hydroxylation is 1. The van der Waals surface area contributed by atoms with E-state index in [1.54, 1.807) is 11.8 Å². The predicted octanol–water partition coefficient (Wildman–Crippen LogP) is 0.934. The number of morpholine rings is 1. The molecule has 18 heavy (non-hydrogen) atoms. The highest BCUT2D eigenvalue weighted by Crippen LogP contribution is 2.10. The first-order chi connectivity index (χ1) is 8.61. The van der Waals surface area contributed by atoms with Crippen LogP contribution in [-0.4, -0.2) is 41.6 Å². The van der Waals surface area contributed by atoms with E-state index in [0.717, 1.165) is 12.1 Å². The van der Waals surface area contributed by atoms with E-state index in [1.165, 1.54) is 12.3 Å². The van der Waals surface area contributed by atoms with Gasteiger partial charge in [-0.3, -0.25) is 9.59 Å². The van der Waals surface area contributed by atoms with Crippen molar-refractivity contribution < 1.29 is 9.53 Å². The number of aromatic amines is 1. The second kappa shape index (κ2) is 5.35. The summed E-state index contributed by atoms with van der Waals surface area (Å²) < 4.78 is 5.51. The van der Waals surface area contributed by atoms with Crippen molar-refractivity contribution in [2.75, 3.05) is 19.7 Å². The summed E-state index contributed by atoms with van der Waals surface area (Å²) in [4.78, 5) is 28.6. The topological polar surface area (TPSA) is 62.4 Å². The normalized spacial score (nSPS) is 19.9. The number of aromatic nitrogens is 1. The van der Waals surface area contributed by atoms with E-state index in [2.05, 4.69) is 4.98 Å². The van der Waals surface area contributed by atoms with Gasteiger partial charge >= 0.3 is 0 Å². The summed E-state index contributed by atoms with van der Waals surface area (Å²) in [5.74, 6) is -0.210. The number of ether oxygens (including phenoxy) is 1. The number of hydrogen-bond acceptors (Lipinski definition) is 3. The summed E-state index contributed by atoms with van der Waals surface area (Å²) in [5.41, 5.74) is 0.734. The highest BCUT2D eigenvalue weighted by molar-refractivity contribution is 5.93. The van der Waals surface area contributed by atoms with Crippen LogP contribution in [0.3, 0.4) is 0 Å². The van der Waals surface area contributed by atoms with Gasteiger partial charge in [0.1, 0.15) is 5.56 Å². The number of nitrogens with one attached hydrogen (secondary N) is 1. The number of hydrogen-bond donors (Lipinski definition) is 1. The number of pyridine rings is 1. The number of rotatable bonds is 2. The summed E-state index contributed by atoms with van der Waals surface area (Å²) >= 11 is 0. The highest BCUT2D eigenvalue weighted by atomic mass is 16.5. The van der Waals surface area contributed by atoms with Crippen LogP contribution in [-0.2, 0) is 4.74 Å². The molecule has 0 aliphatic carbocycles. The summed E-state index contributed by atoms with van der Waals surface area (Å²) in [6.45, 7) is 5.45. The molecule has 0 aromatic carbocycles. The van der Waals surface area contributed by atoms with Crippen molar-refractivity contribution >= 4 is 5.91 Å². The largest absolute Gasteiger partial charge is 0.375 e. The average Bonchev–Trinajstić information content (AvgIpc) is 2.38. The number of carbonyl (C=O) groups is 1. The lowest BCUT2D eigenvalue weighted by Gasteiger charge is -2.32. The van der Waals surface area contributed by atoms with Crippen molar-refractivity contribution in [1.82, 2.24) is 9.88 Å². The smallest absolute Gasteiger partial charge is 0.259 e. The van der Waals surface area contributed by atoms with Gasteiger partial charge in [0.15, 0.2) is 5.43 Å². The monoisotopic (exact) mass is 250 g/mol. The first-order valence-electron chi connectivity index (χ1n) is 6.22. The Morgan fingerprint density at radius 3 is 3.06 bits per heavy atom. The Balaban J connectivity index is 2.18. The van der Waals surface area contributed by atoms with Gasteiger partial charge in [-0.15, -0.1) is 0 Å². The van der Waals surface area contributed by atoms with Gasteiger partial charge in [-0.05, 0) is 13.3 Å². The molecule has 1 aliphatic rings. The maximum atomic E-state index is 12.2. The maximum absolute atomic E-state index is 12.2. The molecule has 5 nitrogen and oxygen atoms in total. The molecule has 1 fully saturated rings. The Labute approximate surface area is 106 Å². The lowest BCUT2D eigenvalue weighted by atomic mass is 10.1. The Kier molecular flexibility index (Phi) is 3.81. The maximum Gasteiger partial charge on any atom is 0.259 e. The molecule has 1 unspecified atom stereocenters. The molecular formula is C13H18N2O3. The number of carbonyl (C=O) groups excluding carboxylic acids is 1. The molecule has 1 amide bonds. The van der Waals surface area contributed by atoms with Crippen molar-refractivity contribution in [3.8, 4) is 0 Å². The van der Waals surface area contributed by atoms with E-state index in [0.29, 0.717) is 19.7 Å². The molecule has 0 bridgehead atoms. The van der Waals surface area contributed by atoms with E-state index in [1.807, 2.05) is 6.92 Å². The first-order valence-corrected chi connectivity index (χ1v) is 6.22. The van der Waals surface area contributed by atoms with E-state index < -0.39 is 0 Å². The Hall–Kier alpha value is -1.62. The molecule has 5 heteroatoms. The van der Waals surface area contributed by atoms with Crippen LogP contribution in [0.1, 0.15) is 29.4 Å². The fourth-order valence-electron chi connectivity index (χ4n) is 2.06. The third-order valence-electron chi connectivity index (χ3n) is 3.17. The van der Waals surface area contributed by atoms with Crippen LogP contribution in [0.4, 0.5) is 0 Å². The third-order valence-corrected chi connectivity index (χ3v) is 3.17. The number of amides is 1. The Bertz CT molecular complexity index is 495. The minimum Gasteiger partial charge on any atom is -0.375 e. The number of H-pyrrole nitrogens is 1. The van der Waals surface area contributed by atoms with Crippen LogP contribution in [0, 0.1) is 6.92 Å². The van der Waals surface area contributed by atoms with Gasteiger partial charge in [-0.1, -0.05) is 6.92 Å². The molecule has 1 atom stereocenters. The zero-order chi connectivity index (χ0) is 13.1. The molecule has 1 saturated heterocycles. The van der Waals surface area contributed by atoms with E-state index >= 15 is 0 Å². The summed E-state index contributed by atoms with van der Waals surface area (Å²) in [7, 11) is 0. The first kappa shape index (κ1) is 12.8. The fourth-order valence-corrected chi connectivity index (χ4v) is 2.06. The van der Waals surface area contributed by atoms with Crippen LogP contribution in [0.15, 0.2) is 17.1 Å². The summed E-state index contributed by atoms with van der Waals surface area (Å²) in [6, 6.07) is 1.45. The highest BCUT2D eigenvalue weighted by Gasteiger charge is 2.25. The standard InChI is InChI=1S/C13H18N2O3/c1-3-10-8-15(4-5-18-10)13(17)11-7-14-9(2)6-12(11)16/h6-7,10H,3-5,8H2,1-2H3,(H,14,16). The lowest BCUT2D eigenvalue weighted by molar-refractivity contribution is -0.0226. The summed E-state index contributed by atoms with van der Waals surface area (Å²) in [5, 5.41) is 0. The van der Waals surface area contributed by atoms with Gasteiger partial charge in [-0.25, -0.2) is 0 Å². The molecule has 98 valence electrons. The Morgan fingerprint density at radius 1 is 1.61 bits per heavy atom. The second-order valence-electron chi connectivity index (χ2n) is 4.55. The van der Waals surface area contributed by atoms with Gasteiger partial charge in [0, 0.05) is 31.0 Å². The van der Waals surface area contributed by atoms with Crippen LogP contribution in [0.5, 0.6) is 0 Å². The molecule has 2 rings (SSSR count). The van der Waals surface area contributed by atoms with Crippen LogP contribution < -0.4 is 5.43 Å². The minimum absolute atomic E-state index is 0.0761. The second-order valence-corrected chi connectivity index (χ2v) is 4.55. The summed E-state index contributed by atoms with van der Waals surface area (Å²) in [6.07, 6.45) is 2.44. The van der Waals surface area contributed by atoms with E-state index in [9.17, 15) is 9.59 Å². The molecule has 2 heterocycles. The average molecular weight is 250 g/mol. The van der Waals surface area contributed by atoms with Gasteiger partial charge in [-0.2, -0.15) is 0 Å². The zero-order valence-corrected chi connectivity index (χ0v) is 10.7. The third kappa shape index (κ3) is 2.61. The van der Waals surface area contributed by atoms with Crippen molar-refractivity contribution in [3.05, 3.63) is 33.7 Å². The van der Waals surface area contributed by atoms with Crippen LogP contribution in [0.25, 0.3) is 0 Å². The van der Waals surface area contributed by atoms with Crippen molar-refractivity contribution in [1.29, 1.82) is 0 Å². The molecule has 1 N–H and O–H groups in total. The van der Waals surface area contributed by atoms with Crippen molar-refractivity contribution in [3.63, 3.8) is 0 Å². The molecule has 1 aromatic heterocycles. The van der Waals surface area contributed by atoms with E-state index in [4.69, 9.17) is 4.74 Å². The number of nitrogens with zero attached hydrogens (tertiary/aromatic N) is 1. The quantitative estimate of drug-likeness (QED) is 0.849. The SMILES string of the molecule is CCC1CN(C(=O)c2c[nH]c(C)cc2=O)CCO1. The predicted molar refractivity (Wildman–Crippen MR) is 67.7 cm³/mol. The Morgan fingerprint density at radius 2 is 2.39 bits per heavy atom. The van der Waals surface area contributed by atoms with Gasteiger partial charge in [0.25, 0.3) is 5.91 Å². The molecule has 0 radical (unpaired) electrons. The molecule has 1 aliphatic heterocycles. The van der Waals surface area contributed by atoms with Gasteiger partial charge in [0.05, 0.1) is 12.7 Å². The molecule has 1 aromatic rings. The molecule has 0 spiro atoms. The fraction of sp³-hybridized carbons (Fsp3) is 0.538. The van der Waals surface area contributed by atoms with Crippen LogP contribution >= 0.6 is 0 Å². The molecular weight excluding hydrogens is 232 g/mol. The van der Waals surface area contributed by atoms with Gasteiger partial charge < -0.3 is 14.6 Å². The van der Waals surface area contributed by atoms with Crippen molar-refractivity contribution in [2.24, 2.45) is 0 Å². The van der Waals surface area contributed by atoms with Gasteiger partial charge in [0.2, 0.25) is 0 Å². The van der Waals surface area contributed by atoms with Crippen molar-refractivity contribution in [2.45, 2.75) is 26.4 Å². The minimum atomic E-state index is -0.226. The molecule has 0 saturated carbocycles. The van der Waals surface area contributed by atoms with E-state index in [-0.39, 0.29) is 23.0 Å². The lowest BCUT2D eigenvalue weighted by Crippen LogP contribution is -2.46. The zero-order valence-electron chi connectivity index (χ0n) is 10.7.